The maximum Gasteiger partial charge on any atom is 0.272 e. The van der Waals surface area contributed by atoms with Gasteiger partial charge in [0.05, 0.1) is 5.25 Å². The molecular weight excluding hydrogens is 578 g/mol. The standard InChI is InChI=1S/C35H34ClN3O3S/c1-4-32(35(42)37-28-19-15-25(16-20-28)23(2)3)43-30-12-8-11-29(22-30)38-34(41)31(21-24-13-17-27(36)18-14-24)39-33(40)26-9-6-5-7-10-26/h5-23,32H,4H2,1-3H3,(H,37,42)(H,38,41)(H,39,40)/b31-21-. The fraction of sp³-hybridized carbons (Fsp3) is 0.171. The van der Waals surface area contributed by atoms with Crippen LogP contribution in [0.3, 0.4) is 0 Å². The van der Waals surface area contributed by atoms with Gasteiger partial charge in [0.1, 0.15) is 5.70 Å². The summed E-state index contributed by atoms with van der Waals surface area (Å²) in [5, 5.41) is 8.87. The third-order valence-corrected chi connectivity index (χ3v) is 8.20. The Kier molecular flexibility index (Phi) is 11.2. The first kappa shape index (κ1) is 31.6. The zero-order chi connectivity index (χ0) is 30.8. The maximum atomic E-state index is 13.4. The third kappa shape index (κ3) is 9.33. The van der Waals surface area contributed by atoms with Gasteiger partial charge in [0.15, 0.2) is 0 Å². The molecule has 0 heterocycles. The van der Waals surface area contributed by atoms with Crippen LogP contribution in [0, 0.1) is 0 Å². The van der Waals surface area contributed by atoms with Gasteiger partial charge in [-0.3, -0.25) is 14.4 Å². The number of rotatable bonds is 11. The van der Waals surface area contributed by atoms with Gasteiger partial charge in [-0.1, -0.05) is 80.9 Å². The molecule has 0 aliphatic heterocycles. The van der Waals surface area contributed by atoms with Crippen LogP contribution in [0.15, 0.2) is 114 Å². The van der Waals surface area contributed by atoms with Gasteiger partial charge in [-0.2, -0.15) is 0 Å². The van der Waals surface area contributed by atoms with Crippen molar-refractivity contribution in [3.05, 3.63) is 131 Å². The summed E-state index contributed by atoms with van der Waals surface area (Å²) >= 11 is 7.45. The van der Waals surface area contributed by atoms with Gasteiger partial charge in [-0.05, 0) is 84.1 Å². The average molecular weight is 612 g/mol. The van der Waals surface area contributed by atoms with Crippen LogP contribution in [-0.4, -0.2) is 23.0 Å². The summed E-state index contributed by atoms with van der Waals surface area (Å²) in [5.74, 6) is -0.566. The molecule has 0 aliphatic carbocycles. The fourth-order valence-electron chi connectivity index (χ4n) is 4.17. The van der Waals surface area contributed by atoms with E-state index < -0.39 is 11.8 Å². The van der Waals surface area contributed by atoms with Crippen molar-refractivity contribution in [1.82, 2.24) is 5.32 Å². The number of benzene rings is 4. The first-order valence-corrected chi connectivity index (χ1v) is 15.3. The summed E-state index contributed by atoms with van der Waals surface area (Å²) in [6.07, 6.45) is 2.22. The molecule has 1 unspecified atom stereocenters. The van der Waals surface area contributed by atoms with Crippen molar-refractivity contribution >= 4 is 58.5 Å². The second-order valence-corrected chi connectivity index (χ2v) is 11.9. The van der Waals surface area contributed by atoms with Crippen molar-refractivity contribution in [1.29, 1.82) is 0 Å². The number of hydrogen-bond donors (Lipinski definition) is 3. The first-order valence-electron chi connectivity index (χ1n) is 14.0. The Morgan fingerprint density at radius 1 is 0.814 bits per heavy atom. The highest BCUT2D eigenvalue weighted by Gasteiger charge is 2.19. The van der Waals surface area contributed by atoms with Gasteiger partial charge < -0.3 is 16.0 Å². The normalized spacial score (nSPS) is 12.0. The molecule has 6 nitrogen and oxygen atoms in total. The van der Waals surface area contributed by atoms with Crippen LogP contribution in [0.1, 0.15) is 54.6 Å². The second-order valence-electron chi connectivity index (χ2n) is 10.2. The molecule has 220 valence electrons. The van der Waals surface area contributed by atoms with Gasteiger partial charge in [-0.25, -0.2) is 0 Å². The molecule has 0 radical (unpaired) electrons. The Balaban J connectivity index is 1.47. The van der Waals surface area contributed by atoms with E-state index in [2.05, 4.69) is 29.8 Å². The molecule has 3 amide bonds. The van der Waals surface area contributed by atoms with Gasteiger partial charge >= 0.3 is 0 Å². The van der Waals surface area contributed by atoms with Crippen molar-refractivity contribution in [2.24, 2.45) is 0 Å². The van der Waals surface area contributed by atoms with Gasteiger partial charge in [0, 0.05) is 26.9 Å². The molecule has 4 aromatic carbocycles. The quantitative estimate of drug-likeness (QED) is 0.117. The van der Waals surface area contributed by atoms with Crippen LogP contribution >= 0.6 is 23.4 Å². The van der Waals surface area contributed by atoms with E-state index in [-0.39, 0.29) is 16.9 Å². The van der Waals surface area contributed by atoms with E-state index in [9.17, 15) is 14.4 Å². The summed E-state index contributed by atoms with van der Waals surface area (Å²) in [6.45, 7) is 6.23. The third-order valence-electron chi connectivity index (χ3n) is 6.59. The minimum Gasteiger partial charge on any atom is -0.325 e. The molecule has 0 spiro atoms. The van der Waals surface area contributed by atoms with Gasteiger partial charge in [0.25, 0.3) is 11.8 Å². The van der Waals surface area contributed by atoms with Crippen LogP contribution in [0.2, 0.25) is 5.02 Å². The largest absolute Gasteiger partial charge is 0.325 e. The fourth-order valence-corrected chi connectivity index (χ4v) is 5.31. The zero-order valence-corrected chi connectivity index (χ0v) is 25.8. The van der Waals surface area contributed by atoms with Crippen LogP contribution < -0.4 is 16.0 Å². The van der Waals surface area contributed by atoms with Crippen molar-refractivity contribution < 1.29 is 14.4 Å². The van der Waals surface area contributed by atoms with Crippen molar-refractivity contribution in [3.63, 3.8) is 0 Å². The van der Waals surface area contributed by atoms with Crippen LogP contribution in [0.25, 0.3) is 6.08 Å². The van der Waals surface area contributed by atoms with E-state index in [0.717, 1.165) is 10.6 Å². The number of anilines is 2. The minimum absolute atomic E-state index is 0.0727. The molecule has 0 saturated carbocycles. The lowest BCUT2D eigenvalue weighted by molar-refractivity contribution is -0.116. The number of nitrogens with one attached hydrogen (secondary N) is 3. The lowest BCUT2D eigenvalue weighted by atomic mass is 10.0. The van der Waals surface area contributed by atoms with E-state index in [0.29, 0.717) is 34.2 Å². The number of hydrogen-bond acceptors (Lipinski definition) is 4. The minimum atomic E-state index is -0.490. The molecule has 4 rings (SSSR count). The smallest absolute Gasteiger partial charge is 0.272 e. The van der Waals surface area contributed by atoms with Crippen LogP contribution in [0.4, 0.5) is 11.4 Å². The molecule has 0 bridgehead atoms. The molecule has 4 aromatic rings. The highest BCUT2D eigenvalue weighted by atomic mass is 35.5. The highest BCUT2D eigenvalue weighted by Crippen LogP contribution is 2.29. The Morgan fingerprint density at radius 2 is 1.51 bits per heavy atom. The summed E-state index contributed by atoms with van der Waals surface area (Å²) < 4.78 is 0. The number of thioether (sulfide) groups is 1. The van der Waals surface area contributed by atoms with Gasteiger partial charge in [-0.15, -0.1) is 11.8 Å². The van der Waals surface area contributed by atoms with E-state index in [1.54, 1.807) is 60.7 Å². The summed E-state index contributed by atoms with van der Waals surface area (Å²) in [7, 11) is 0. The lowest BCUT2D eigenvalue weighted by Gasteiger charge is -2.16. The SMILES string of the molecule is CCC(Sc1cccc(NC(=O)/C(=C/c2ccc(Cl)cc2)NC(=O)c2ccccc2)c1)C(=O)Nc1ccc(C(C)C)cc1. The van der Waals surface area contributed by atoms with E-state index in [1.807, 2.05) is 55.5 Å². The van der Waals surface area contributed by atoms with Crippen molar-refractivity contribution in [2.75, 3.05) is 10.6 Å². The van der Waals surface area contributed by atoms with Crippen molar-refractivity contribution in [3.8, 4) is 0 Å². The number of carbonyl (C=O) groups is 3. The summed E-state index contributed by atoms with van der Waals surface area (Å²) in [6, 6.07) is 30.8. The summed E-state index contributed by atoms with van der Waals surface area (Å²) in [4.78, 5) is 40.2. The zero-order valence-electron chi connectivity index (χ0n) is 24.3. The molecule has 0 aliphatic rings. The summed E-state index contributed by atoms with van der Waals surface area (Å²) in [5.41, 5.74) is 3.70. The molecule has 8 heteroatoms. The Labute approximate surface area is 261 Å². The molecule has 1 atom stereocenters. The predicted octanol–water partition coefficient (Wildman–Crippen LogP) is 8.38. The van der Waals surface area contributed by atoms with E-state index in [1.165, 1.54) is 17.3 Å². The van der Waals surface area contributed by atoms with Crippen molar-refractivity contribution in [2.45, 2.75) is 43.3 Å². The number of halogens is 1. The number of carbonyl (C=O) groups excluding carboxylic acids is 3. The molecule has 43 heavy (non-hydrogen) atoms. The molecule has 0 saturated heterocycles. The topological polar surface area (TPSA) is 87.3 Å². The Hall–Kier alpha value is -4.33. The molecule has 0 fully saturated rings. The van der Waals surface area contributed by atoms with E-state index in [4.69, 9.17) is 11.6 Å². The second kappa shape index (κ2) is 15.2. The average Bonchev–Trinajstić information content (AvgIpc) is 3.01. The predicted molar refractivity (Wildman–Crippen MR) is 178 cm³/mol. The maximum absolute atomic E-state index is 13.4. The van der Waals surface area contributed by atoms with Crippen LogP contribution in [-0.2, 0) is 9.59 Å². The monoisotopic (exact) mass is 611 g/mol. The lowest BCUT2D eigenvalue weighted by Crippen LogP contribution is -2.30. The highest BCUT2D eigenvalue weighted by molar-refractivity contribution is 8.00. The molecular formula is C35H34ClN3O3S. The van der Waals surface area contributed by atoms with Gasteiger partial charge in [0.2, 0.25) is 5.91 Å². The Bertz CT molecular complexity index is 1590. The Morgan fingerprint density at radius 3 is 2.16 bits per heavy atom. The van der Waals surface area contributed by atoms with E-state index >= 15 is 0 Å². The molecule has 3 N–H and O–H groups in total. The number of amides is 3. The molecule has 0 aromatic heterocycles. The van der Waals surface area contributed by atoms with Crippen LogP contribution in [0.5, 0.6) is 0 Å². The first-order chi connectivity index (χ1) is 20.7.